The summed E-state index contributed by atoms with van der Waals surface area (Å²) in [5.41, 5.74) is -1.74. The minimum absolute atomic E-state index is 0.705. The van der Waals surface area contributed by atoms with Crippen LogP contribution in [0.1, 0.15) is 13.2 Å². The van der Waals surface area contributed by atoms with Gasteiger partial charge in [0.1, 0.15) is 42.7 Å². The first kappa shape index (κ1) is 32.6. The van der Waals surface area contributed by atoms with Crippen LogP contribution in [-0.4, -0.2) is 115 Å². The van der Waals surface area contributed by atoms with Crippen LogP contribution < -0.4 is 16.6 Å². The van der Waals surface area contributed by atoms with E-state index in [1.165, 1.54) is 0 Å². The van der Waals surface area contributed by atoms with E-state index >= 15 is 0 Å². The summed E-state index contributed by atoms with van der Waals surface area (Å²) in [5.74, 6) is -0.705. The second kappa shape index (κ2) is 13.0. The van der Waals surface area contributed by atoms with Crippen LogP contribution in [0.15, 0.2) is 21.9 Å². The van der Waals surface area contributed by atoms with Crippen molar-refractivity contribution in [3.63, 3.8) is 0 Å². The maximum Gasteiger partial charge on any atom is 0.483 e. The summed E-state index contributed by atoms with van der Waals surface area (Å²) in [5, 5.41) is 42.4. The number of aromatic amines is 1. The number of methoxy groups -OCH3 is 1. The Balaban J connectivity index is 1.67. The first-order chi connectivity index (χ1) is 18.6. The Kier molecular flexibility index (Phi) is 10.6. The molecule has 8 N–H and O–H groups in total. The third-order valence-electron chi connectivity index (χ3n) is 5.80. The summed E-state index contributed by atoms with van der Waals surface area (Å²) in [6.45, 7) is -0.763. The van der Waals surface area contributed by atoms with E-state index in [9.17, 15) is 53.7 Å². The lowest BCUT2D eigenvalue weighted by Crippen LogP contribution is -2.64. The van der Waals surface area contributed by atoms with Gasteiger partial charge in [0, 0.05) is 26.3 Å². The van der Waals surface area contributed by atoms with Crippen LogP contribution >= 0.6 is 15.6 Å². The SMILES string of the molecule is COC1C(O)C(CO)OC(OP(=O)(O)OP(=O)(O)OCC2OC(n3ccc(=O)[nH]c3=O)C(O)C2O)C1NC(C)=O. The minimum atomic E-state index is -5.58. The van der Waals surface area contributed by atoms with Gasteiger partial charge in [-0.2, -0.15) is 4.31 Å². The molecular weight excluding hydrogens is 592 g/mol. The average Bonchev–Trinajstić information content (AvgIpc) is 3.12. The van der Waals surface area contributed by atoms with Gasteiger partial charge < -0.3 is 49.7 Å². The summed E-state index contributed by atoms with van der Waals surface area (Å²) in [7, 11) is -9.95. The van der Waals surface area contributed by atoms with Crippen LogP contribution in [0.2, 0.25) is 0 Å². The Hall–Kier alpha value is -1.87. The fourth-order valence-corrected chi connectivity index (χ4v) is 6.19. The summed E-state index contributed by atoms with van der Waals surface area (Å²) in [6, 6.07) is -0.521. The summed E-state index contributed by atoms with van der Waals surface area (Å²) < 4.78 is 54.9. The molecule has 2 aliphatic rings. The number of nitrogens with zero attached hydrogens (tertiary/aromatic N) is 1. The van der Waals surface area contributed by atoms with Gasteiger partial charge >= 0.3 is 21.3 Å². The first-order valence-corrected chi connectivity index (χ1v) is 14.4. The van der Waals surface area contributed by atoms with E-state index in [0.717, 1.165) is 30.9 Å². The molecule has 2 aliphatic heterocycles. The molecule has 1 amide bonds. The van der Waals surface area contributed by atoms with Crippen molar-refractivity contribution in [3.05, 3.63) is 33.1 Å². The van der Waals surface area contributed by atoms with E-state index in [1.807, 2.05) is 4.98 Å². The molecule has 2 saturated heterocycles. The zero-order valence-electron chi connectivity index (χ0n) is 20.8. The molecule has 1 aromatic rings. The molecule has 11 atom stereocenters. The molecule has 40 heavy (non-hydrogen) atoms. The summed E-state index contributed by atoms with van der Waals surface area (Å²) >= 11 is 0. The average molecular weight is 621 g/mol. The van der Waals surface area contributed by atoms with Crippen LogP contribution in [0.25, 0.3) is 0 Å². The molecule has 0 radical (unpaired) electrons. The molecular formula is C18H29N3O17P2. The Morgan fingerprint density at radius 1 is 1.10 bits per heavy atom. The second-order valence-electron chi connectivity index (χ2n) is 8.63. The van der Waals surface area contributed by atoms with E-state index in [-0.39, 0.29) is 0 Å². The van der Waals surface area contributed by atoms with E-state index in [0.29, 0.717) is 0 Å². The van der Waals surface area contributed by atoms with Crippen molar-refractivity contribution >= 4 is 21.6 Å². The number of hydrogen-bond acceptors (Lipinski definition) is 15. The number of phosphoric ester groups is 2. The van der Waals surface area contributed by atoms with Gasteiger partial charge in [0.2, 0.25) is 5.91 Å². The number of aromatic nitrogens is 2. The Morgan fingerprint density at radius 3 is 2.35 bits per heavy atom. The number of hydrogen-bond donors (Lipinski definition) is 8. The van der Waals surface area contributed by atoms with Gasteiger partial charge in [-0.1, -0.05) is 0 Å². The normalized spacial score (nSPS) is 35.5. The zero-order chi connectivity index (χ0) is 30.0. The molecule has 0 aliphatic carbocycles. The van der Waals surface area contributed by atoms with E-state index in [1.54, 1.807) is 0 Å². The lowest BCUT2D eigenvalue weighted by molar-refractivity contribution is -0.252. The van der Waals surface area contributed by atoms with Crippen molar-refractivity contribution in [2.75, 3.05) is 20.3 Å². The molecule has 3 heterocycles. The highest BCUT2D eigenvalue weighted by Gasteiger charge is 2.51. The number of aliphatic hydroxyl groups is 4. The first-order valence-electron chi connectivity index (χ1n) is 11.4. The fraction of sp³-hybridized carbons (Fsp3) is 0.722. The number of phosphoric acid groups is 2. The molecule has 228 valence electrons. The highest BCUT2D eigenvalue weighted by Crippen LogP contribution is 2.61. The predicted octanol–water partition coefficient (Wildman–Crippen LogP) is -4.00. The van der Waals surface area contributed by atoms with E-state index < -0.39 is 101 Å². The highest BCUT2D eigenvalue weighted by molar-refractivity contribution is 7.61. The van der Waals surface area contributed by atoms with Crippen LogP contribution in [0.5, 0.6) is 0 Å². The zero-order valence-corrected chi connectivity index (χ0v) is 22.6. The van der Waals surface area contributed by atoms with Crippen molar-refractivity contribution in [1.82, 2.24) is 14.9 Å². The molecule has 0 spiro atoms. The number of carbonyl (C=O) groups is 1. The fourth-order valence-electron chi connectivity index (χ4n) is 4.03. The largest absolute Gasteiger partial charge is 0.483 e. The van der Waals surface area contributed by atoms with Gasteiger partial charge in [0.15, 0.2) is 12.5 Å². The van der Waals surface area contributed by atoms with Gasteiger partial charge in [0.25, 0.3) is 5.56 Å². The molecule has 2 fully saturated rings. The van der Waals surface area contributed by atoms with Crippen LogP contribution in [0, 0.1) is 0 Å². The smallest absolute Gasteiger partial charge is 0.394 e. The molecule has 11 unspecified atom stereocenters. The minimum Gasteiger partial charge on any atom is -0.394 e. The number of amides is 1. The van der Waals surface area contributed by atoms with Crippen molar-refractivity contribution < 1.29 is 71.7 Å². The van der Waals surface area contributed by atoms with Gasteiger partial charge in [-0.05, 0) is 0 Å². The number of rotatable bonds is 11. The van der Waals surface area contributed by atoms with Crippen LogP contribution in [0.4, 0.5) is 0 Å². The third-order valence-corrected chi connectivity index (χ3v) is 8.40. The van der Waals surface area contributed by atoms with Crippen molar-refractivity contribution in [1.29, 1.82) is 0 Å². The molecule has 1 aromatic heterocycles. The van der Waals surface area contributed by atoms with E-state index in [4.69, 9.17) is 18.7 Å². The van der Waals surface area contributed by atoms with Gasteiger partial charge in [-0.15, -0.1) is 0 Å². The summed E-state index contributed by atoms with van der Waals surface area (Å²) in [6.07, 6.45) is -11.9. The van der Waals surface area contributed by atoms with Gasteiger partial charge in [-0.3, -0.25) is 28.2 Å². The van der Waals surface area contributed by atoms with Crippen LogP contribution in [-0.2, 0) is 41.5 Å². The Morgan fingerprint density at radius 2 is 1.77 bits per heavy atom. The maximum atomic E-state index is 12.6. The molecule has 20 nitrogen and oxygen atoms in total. The standard InChI is InChI=1S/C18H29N3O17P2/c1-7(23)19-11-15(33-2)13(26)8(5-22)36-17(11)37-40(31,32)38-39(29,30)34-6-9-12(25)14(27)16(35-9)21-4-3-10(24)20-18(21)28/h3-4,8-9,11-17,22,25-27H,5-6H2,1-2H3,(H,19,23)(H,29,30)(H,31,32)(H,20,24,28). The quantitative estimate of drug-likeness (QED) is 0.109. The molecule has 22 heteroatoms. The molecule has 0 aromatic carbocycles. The number of carbonyl (C=O) groups excluding carboxylic acids is 1. The topological polar surface area (TPSA) is 295 Å². The van der Waals surface area contributed by atoms with Crippen molar-refractivity contribution in [2.24, 2.45) is 0 Å². The second-order valence-corrected chi connectivity index (χ2v) is 11.6. The maximum absolute atomic E-state index is 12.6. The highest BCUT2D eigenvalue weighted by atomic mass is 31.3. The van der Waals surface area contributed by atoms with Crippen molar-refractivity contribution in [2.45, 2.75) is 62.1 Å². The van der Waals surface area contributed by atoms with E-state index in [2.05, 4.69) is 14.2 Å². The molecule has 0 bridgehead atoms. The number of H-pyrrole nitrogens is 1. The lowest BCUT2D eigenvalue weighted by atomic mass is 9.97. The monoisotopic (exact) mass is 621 g/mol. The third kappa shape index (κ3) is 7.69. The number of ether oxygens (including phenoxy) is 3. The van der Waals surface area contributed by atoms with Gasteiger partial charge in [-0.25, -0.2) is 13.9 Å². The molecule has 0 saturated carbocycles. The summed E-state index contributed by atoms with van der Waals surface area (Å²) in [4.78, 5) is 56.8. The van der Waals surface area contributed by atoms with Gasteiger partial charge in [0.05, 0.1) is 13.2 Å². The molecule has 3 rings (SSSR count). The number of aliphatic hydroxyl groups excluding tert-OH is 4. The Bertz CT molecular complexity index is 1260. The number of nitrogens with one attached hydrogen (secondary N) is 2. The lowest BCUT2D eigenvalue weighted by Gasteiger charge is -2.43. The van der Waals surface area contributed by atoms with Crippen LogP contribution in [0.3, 0.4) is 0 Å². The predicted molar refractivity (Wildman–Crippen MR) is 125 cm³/mol. The Labute approximate surface area is 224 Å². The van der Waals surface area contributed by atoms with Crippen molar-refractivity contribution in [3.8, 4) is 0 Å².